The SMILES string of the molecule is Cc1ccc(CCC(=O)NCCOC(=O)Cc2cc(Cl)c3c(c2)OCCO3)cc1. The number of hydrogen-bond acceptors (Lipinski definition) is 5. The second kappa shape index (κ2) is 10.2. The molecule has 1 N–H and O–H groups in total. The van der Waals surface area contributed by atoms with Gasteiger partial charge in [0.05, 0.1) is 18.0 Å². The molecule has 0 aliphatic carbocycles. The molecule has 2 aromatic carbocycles. The molecule has 0 saturated heterocycles. The van der Waals surface area contributed by atoms with Gasteiger partial charge in [-0.05, 0) is 36.6 Å². The van der Waals surface area contributed by atoms with Gasteiger partial charge in [0.15, 0.2) is 11.5 Å². The number of aryl methyl sites for hydroxylation is 2. The molecule has 1 aliphatic heterocycles. The van der Waals surface area contributed by atoms with Gasteiger partial charge in [0.2, 0.25) is 5.91 Å². The number of carbonyl (C=O) groups excluding carboxylic acids is 2. The third-order valence-electron chi connectivity index (χ3n) is 4.45. The summed E-state index contributed by atoms with van der Waals surface area (Å²) in [7, 11) is 0. The second-order valence-corrected chi connectivity index (χ2v) is 7.24. The summed E-state index contributed by atoms with van der Waals surface area (Å²) in [5.74, 6) is 0.572. The van der Waals surface area contributed by atoms with Crippen molar-refractivity contribution in [2.75, 3.05) is 26.4 Å². The number of halogens is 1. The summed E-state index contributed by atoms with van der Waals surface area (Å²) in [5, 5.41) is 3.17. The molecule has 0 atom stereocenters. The molecule has 0 unspecified atom stereocenters. The maximum absolute atomic E-state index is 12.0. The zero-order chi connectivity index (χ0) is 20.6. The molecule has 0 aromatic heterocycles. The smallest absolute Gasteiger partial charge is 0.310 e. The van der Waals surface area contributed by atoms with Crippen LogP contribution in [0.5, 0.6) is 11.5 Å². The average Bonchev–Trinajstić information content (AvgIpc) is 2.71. The molecule has 1 aliphatic rings. The first-order valence-corrected chi connectivity index (χ1v) is 9.95. The number of rotatable bonds is 8. The summed E-state index contributed by atoms with van der Waals surface area (Å²) >= 11 is 6.17. The number of carbonyl (C=O) groups is 2. The summed E-state index contributed by atoms with van der Waals surface area (Å²) in [5.41, 5.74) is 3.00. The number of fused-ring (bicyclic) bond motifs is 1. The summed E-state index contributed by atoms with van der Waals surface area (Å²) in [6.45, 7) is 3.32. The lowest BCUT2D eigenvalue weighted by Gasteiger charge is -2.20. The van der Waals surface area contributed by atoms with E-state index in [1.54, 1.807) is 12.1 Å². The van der Waals surface area contributed by atoms with Crippen LogP contribution in [0, 0.1) is 6.92 Å². The Kier molecular flexibility index (Phi) is 7.36. The van der Waals surface area contributed by atoms with Crippen molar-refractivity contribution in [2.45, 2.75) is 26.2 Å². The Morgan fingerprint density at radius 3 is 2.66 bits per heavy atom. The van der Waals surface area contributed by atoms with E-state index in [-0.39, 0.29) is 25.5 Å². The van der Waals surface area contributed by atoms with Crippen molar-refractivity contribution >= 4 is 23.5 Å². The van der Waals surface area contributed by atoms with Crippen LogP contribution in [0.2, 0.25) is 5.02 Å². The topological polar surface area (TPSA) is 73.9 Å². The maximum Gasteiger partial charge on any atom is 0.310 e. The third-order valence-corrected chi connectivity index (χ3v) is 4.73. The minimum atomic E-state index is -0.397. The van der Waals surface area contributed by atoms with Crippen LogP contribution in [-0.4, -0.2) is 38.2 Å². The third kappa shape index (κ3) is 6.39. The number of hydrogen-bond donors (Lipinski definition) is 1. The van der Waals surface area contributed by atoms with E-state index in [9.17, 15) is 9.59 Å². The van der Waals surface area contributed by atoms with Crippen molar-refractivity contribution in [3.05, 3.63) is 58.1 Å². The van der Waals surface area contributed by atoms with Gasteiger partial charge in [-0.15, -0.1) is 0 Å². The van der Waals surface area contributed by atoms with Gasteiger partial charge in [-0.2, -0.15) is 0 Å². The van der Waals surface area contributed by atoms with Gasteiger partial charge in [0.25, 0.3) is 0 Å². The molecule has 7 heteroatoms. The van der Waals surface area contributed by atoms with Crippen LogP contribution >= 0.6 is 11.6 Å². The van der Waals surface area contributed by atoms with Gasteiger partial charge < -0.3 is 19.5 Å². The van der Waals surface area contributed by atoms with Gasteiger partial charge in [0.1, 0.15) is 19.8 Å². The van der Waals surface area contributed by atoms with Crippen molar-refractivity contribution < 1.29 is 23.8 Å². The molecule has 1 amide bonds. The Labute approximate surface area is 175 Å². The van der Waals surface area contributed by atoms with E-state index >= 15 is 0 Å². The summed E-state index contributed by atoms with van der Waals surface area (Å²) in [6.07, 6.45) is 1.14. The number of nitrogens with one attached hydrogen (secondary N) is 1. The highest BCUT2D eigenvalue weighted by atomic mass is 35.5. The molecule has 0 bridgehead atoms. The first kappa shape index (κ1) is 21.0. The Morgan fingerprint density at radius 2 is 1.86 bits per heavy atom. The minimum absolute atomic E-state index is 0.0672. The Hall–Kier alpha value is -2.73. The van der Waals surface area contributed by atoms with Crippen molar-refractivity contribution in [3.8, 4) is 11.5 Å². The predicted octanol–water partition coefficient (Wildman–Crippen LogP) is 3.25. The summed E-state index contributed by atoms with van der Waals surface area (Å²) in [6, 6.07) is 11.5. The average molecular weight is 418 g/mol. The quantitative estimate of drug-likeness (QED) is 0.527. The van der Waals surface area contributed by atoms with Gasteiger partial charge in [-0.25, -0.2) is 0 Å². The predicted molar refractivity (Wildman–Crippen MR) is 110 cm³/mol. The van der Waals surface area contributed by atoms with Crippen molar-refractivity contribution in [2.24, 2.45) is 0 Å². The molecular weight excluding hydrogens is 394 g/mol. The van der Waals surface area contributed by atoms with Crippen LogP contribution in [0.1, 0.15) is 23.1 Å². The van der Waals surface area contributed by atoms with Crippen molar-refractivity contribution in [1.29, 1.82) is 0 Å². The molecule has 0 saturated carbocycles. The zero-order valence-electron chi connectivity index (χ0n) is 16.3. The van der Waals surface area contributed by atoms with Crippen LogP contribution in [0.25, 0.3) is 0 Å². The van der Waals surface area contributed by atoms with Crippen LogP contribution in [0.15, 0.2) is 36.4 Å². The van der Waals surface area contributed by atoms with Gasteiger partial charge in [-0.3, -0.25) is 9.59 Å². The zero-order valence-corrected chi connectivity index (χ0v) is 17.1. The molecule has 0 spiro atoms. The highest BCUT2D eigenvalue weighted by Crippen LogP contribution is 2.38. The Balaban J connectivity index is 1.35. The number of esters is 1. The van der Waals surface area contributed by atoms with Crippen molar-refractivity contribution in [3.63, 3.8) is 0 Å². The Bertz CT molecular complexity index is 866. The molecule has 0 radical (unpaired) electrons. The minimum Gasteiger partial charge on any atom is -0.486 e. The van der Waals surface area contributed by atoms with Crippen LogP contribution in [0.3, 0.4) is 0 Å². The maximum atomic E-state index is 12.0. The number of amides is 1. The van der Waals surface area contributed by atoms with E-state index in [1.807, 2.05) is 31.2 Å². The summed E-state index contributed by atoms with van der Waals surface area (Å²) in [4.78, 5) is 23.9. The molecule has 29 heavy (non-hydrogen) atoms. The second-order valence-electron chi connectivity index (χ2n) is 6.83. The lowest BCUT2D eigenvalue weighted by Crippen LogP contribution is -2.28. The van der Waals surface area contributed by atoms with E-state index < -0.39 is 5.97 Å². The molecule has 6 nitrogen and oxygen atoms in total. The lowest BCUT2D eigenvalue weighted by molar-refractivity contribution is -0.143. The van der Waals surface area contributed by atoms with E-state index in [0.717, 1.165) is 5.56 Å². The molecule has 154 valence electrons. The fourth-order valence-corrected chi connectivity index (χ4v) is 3.23. The standard InChI is InChI=1S/C22H24ClNO5/c1-15-2-4-16(5-3-15)6-7-20(25)24-8-9-28-21(26)14-17-12-18(23)22-19(13-17)27-10-11-29-22/h2-5,12-13H,6-11,14H2,1H3,(H,24,25). The highest BCUT2D eigenvalue weighted by Gasteiger charge is 2.18. The van der Waals surface area contributed by atoms with E-state index in [2.05, 4.69) is 5.32 Å². The fraction of sp³-hybridized carbons (Fsp3) is 0.364. The van der Waals surface area contributed by atoms with Crippen LogP contribution < -0.4 is 14.8 Å². The van der Waals surface area contributed by atoms with Gasteiger partial charge in [-0.1, -0.05) is 41.4 Å². The summed E-state index contributed by atoms with van der Waals surface area (Å²) < 4.78 is 16.1. The fourth-order valence-electron chi connectivity index (χ4n) is 2.94. The van der Waals surface area contributed by atoms with E-state index in [4.69, 9.17) is 25.8 Å². The number of ether oxygens (including phenoxy) is 3. The first-order chi connectivity index (χ1) is 14.0. The monoisotopic (exact) mass is 417 g/mol. The number of benzene rings is 2. The lowest BCUT2D eigenvalue weighted by atomic mass is 10.1. The molecule has 0 fully saturated rings. The van der Waals surface area contributed by atoms with Crippen LogP contribution in [0.4, 0.5) is 0 Å². The Morgan fingerprint density at radius 1 is 1.10 bits per heavy atom. The molecule has 1 heterocycles. The van der Waals surface area contributed by atoms with Gasteiger partial charge in [0, 0.05) is 6.42 Å². The first-order valence-electron chi connectivity index (χ1n) is 9.57. The van der Waals surface area contributed by atoms with Crippen LogP contribution in [-0.2, 0) is 27.2 Å². The van der Waals surface area contributed by atoms with Gasteiger partial charge >= 0.3 is 5.97 Å². The van der Waals surface area contributed by atoms with E-state index in [0.29, 0.717) is 48.1 Å². The molecule has 2 aromatic rings. The largest absolute Gasteiger partial charge is 0.486 e. The highest BCUT2D eigenvalue weighted by molar-refractivity contribution is 6.32. The molecule has 3 rings (SSSR count). The van der Waals surface area contributed by atoms with E-state index in [1.165, 1.54) is 5.56 Å². The normalized spacial score (nSPS) is 12.3. The van der Waals surface area contributed by atoms with Crippen molar-refractivity contribution in [1.82, 2.24) is 5.32 Å². The molecular formula is C22H24ClNO5.